The molecule has 4 heteroatoms. The van der Waals surface area contributed by atoms with Crippen molar-refractivity contribution in [2.45, 2.75) is 51.4 Å². The van der Waals surface area contributed by atoms with E-state index in [1.807, 2.05) is 24.3 Å². The monoisotopic (exact) mass is 297 g/mol. The third-order valence-corrected chi connectivity index (χ3v) is 3.56. The van der Waals surface area contributed by atoms with Gasteiger partial charge in [0.2, 0.25) is 0 Å². The molecule has 1 fully saturated rings. The zero-order valence-electron chi connectivity index (χ0n) is 12.5. The van der Waals surface area contributed by atoms with Crippen LogP contribution in [0.3, 0.4) is 0 Å². The Hall–Kier alpha value is -0.770. The fraction of sp³-hybridized carbons (Fsp3) is 0.625. The van der Waals surface area contributed by atoms with Gasteiger partial charge in [0.05, 0.1) is 12.2 Å². The van der Waals surface area contributed by atoms with Gasteiger partial charge in [0.1, 0.15) is 12.4 Å². The van der Waals surface area contributed by atoms with Gasteiger partial charge in [0, 0.05) is 17.1 Å². The van der Waals surface area contributed by atoms with Crippen molar-refractivity contribution >= 4 is 11.6 Å². The third kappa shape index (κ3) is 5.31. The van der Waals surface area contributed by atoms with Crippen molar-refractivity contribution in [3.05, 3.63) is 29.3 Å². The lowest BCUT2D eigenvalue weighted by molar-refractivity contribution is 0.0162. The molecule has 1 aliphatic heterocycles. The maximum absolute atomic E-state index is 5.99. The van der Waals surface area contributed by atoms with Crippen LogP contribution in [-0.4, -0.2) is 30.9 Å². The summed E-state index contributed by atoms with van der Waals surface area (Å²) in [6.07, 6.45) is 2.65. The van der Waals surface area contributed by atoms with E-state index in [2.05, 4.69) is 26.1 Å². The summed E-state index contributed by atoms with van der Waals surface area (Å²) >= 11 is 5.84. The first-order chi connectivity index (χ1) is 9.42. The highest BCUT2D eigenvalue weighted by molar-refractivity contribution is 6.30. The number of rotatable bonds is 5. The molecule has 0 amide bonds. The highest BCUT2D eigenvalue weighted by Crippen LogP contribution is 2.22. The van der Waals surface area contributed by atoms with Crippen LogP contribution in [0.25, 0.3) is 0 Å². The number of hydrogen-bond donors (Lipinski definition) is 1. The Morgan fingerprint density at radius 1 is 1.20 bits per heavy atom. The van der Waals surface area contributed by atoms with Crippen LogP contribution in [0, 0.1) is 0 Å². The van der Waals surface area contributed by atoms with Crippen molar-refractivity contribution in [2.24, 2.45) is 0 Å². The molecular weight excluding hydrogens is 274 g/mol. The van der Waals surface area contributed by atoms with E-state index in [1.165, 1.54) is 0 Å². The first kappa shape index (κ1) is 15.6. The van der Waals surface area contributed by atoms with Gasteiger partial charge in [-0.05, 0) is 57.9 Å². The van der Waals surface area contributed by atoms with E-state index in [-0.39, 0.29) is 11.6 Å². The van der Waals surface area contributed by atoms with Gasteiger partial charge in [0.15, 0.2) is 0 Å². The minimum atomic E-state index is 0.140. The average molecular weight is 298 g/mol. The van der Waals surface area contributed by atoms with Gasteiger partial charge in [-0.3, -0.25) is 0 Å². The van der Waals surface area contributed by atoms with Crippen LogP contribution in [0.1, 0.15) is 33.6 Å². The zero-order valence-corrected chi connectivity index (χ0v) is 13.2. The Morgan fingerprint density at radius 3 is 2.50 bits per heavy atom. The van der Waals surface area contributed by atoms with Crippen molar-refractivity contribution in [3.63, 3.8) is 0 Å². The molecule has 2 atom stereocenters. The molecule has 0 saturated carbocycles. The Bertz CT molecular complexity index is 413. The topological polar surface area (TPSA) is 30.5 Å². The molecule has 112 valence electrons. The molecule has 0 aromatic heterocycles. The molecule has 1 N–H and O–H groups in total. The average Bonchev–Trinajstić information content (AvgIpc) is 2.83. The second-order valence-electron chi connectivity index (χ2n) is 6.35. The zero-order chi connectivity index (χ0) is 14.6. The number of ether oxygens (including phenoxy) is 2. The highest BCUT2D eigenvalue weighted by atomic mass is 35.5. The van der Waals surface area contributed by atoms with Gasteiger partial charge in [-0.1, -0.05) is 11.6 Å². The van der Waals surface area contributed by atoms with Crippen LogP contribution in [0.2, 0.25) is 5.02 Å². The minimum absolute atomic E-state index is 0.140. The van der Waals surface area contributed by atoms with Crippen molar-refractivity contribution in [1.82, 2.24) is 5.32 Å². The molecule has 1 saturated heterocycles. The van der Waals surface area contributed by atoms with Crippen molar-refractivity contribution in [2.75, 3.05) is 13.2 Å². The Labute approximate surface area is 126 Å². The quantitative estimate of drug-likeness (QED) is 0.900. The predicted octanol–water partition coefficient (Wildman–Crippen LogP) is 3.65. The summed E-state index contributed by atoms with van der Waals surface area (Å²) in [5.41, 5.74) is 0.140. The summed E-state index contributed by atoms with van der Waals surface area (Å²) in [7, 11) is 0. The summed E-state index contributed by atoms with van der Waals surface area (Å²) in [4.78, 5) is 0. The van der Waals surface area contributed by atoms with Gasteiger partial charge in [-0.15, -0.1) is 0 Å². The van der Waals surface area contributed by atoms with Crippen molar-refractivity contribution in [3.8, 4) is 5.75 Å². The summed E-state index contributed by atoms with van der Waals surface area (Å²) in [5.74, 6) is 0.842. The molecule has 1 aromatic rings. The third-order valence-electron chi connectivity index (χ3n) is 3.31. The van der Waals surface area contributed by atoms with Crippen LogP contribution >= 0.6 is 11.6 Å². The fourth-order valence-electron chi connectivity index (χ4n) is 2.19. The molecular formula is C16H24ClNO2. The van der Waals surface area contributed by atoms with Crippen molar-refractivity contribution < 1.29 is 9.47 Å². The van der Waals surface area contributed by atoms with Crippen molar-refractivity contribution in [1.29, 1.82) is 0 Å². The number of nitrogens with one attached hydrogen (secondary N) is 1. The van der Waals surface area contributed by atoms with Gasteiger partial charge in [-0.25, -0.2) is 0 Å². The lowest BCUT2D eigenvalue weighted by Crippen LogP contribution is -2.41. The maximum Gasteiger partial charge on any atom is 0.119 e. The molecule has 20 heavy (non-hydrogen) atoms. The molecule has 0 radical (unpaired) electrons. The van der Waals surface area contributed by atoms with Gasteiger partial charge >= 0.3 is 0 Å². The van der Waals surface area contributed by atoms with E-state index < -0.39 is 0 Å². The lowest BCUT2D eigenvalue weighted by atomic mass is 10.1. The standard InChI is InChI=1S/C16H24ClNO2/c1-16(2,3)18-10-14-8-9-15(20-14)11-19-13-6-4-12(17)5-7-13/h4-7,14-15,18H,8-11H2,1-3H3. The lowest BCUT2D eigenvalue weighted by Gasteiger charge is -2.23. The molecule has 0 aliphatic carbocycles. The molecule has 0 bridgehead atoms. The smallest absolute Gasteiger partial charge is 0.119 e. The summed E-state index contributed by atoms with van der Waals surface area (Å²) < 4.78 is 11.7. The normalized spacial score (nSPS) is 23.0. The first-order valence-electron chi connectivity index (χ1n) is 7.21. The number of halogens is 1. The molecule has 2 rings (SSSR count). The molecule has 0 spiro atoms. The summed E-state index contributed by atoms with van der Waals surface area (Å²) in [6, 6.07) is 7.44. The largest absolute Gasteiger partial charge is 0.491 e. The van der Waals surface area contributed by atoms with Gasteiger partial charge < -0.3 is 14.8 Å². The van der Waals surface area contributed by atoms with Crippen LogP contribution in [0.4, 0.5) is 0 Å². The predicted molar refractivity (Wildman–Crippen MR) is 82.6 cm³/mol. The molecule has 3 nitrogen and oxygen atoms in total. The van der Waals surface area contributed by atoms with Crippen LogP contribution in [-0.2, 0) is 4.74 Å². The van der Waals surface area contributed by atoms with E-state index in [0.717, 1.165) is 30.2 Å². The van der Waals surface area contributed by atoms with Crippen LogP contribution in [0.5, 0.6) is 5.75 Å². The number of benzene rings is 1. The molecule has 2 unspecified atom stereocenters. The van der Waals surface area contributed by atoms with E-state index in [0.29, 0.717) is 12.7 Å². The second-order valence-corrected chi connectivity index (χ2v) is 6.79. The highest BCUT2D eigenvalue weighted by Gasteiger charge is 2.26. The fourth-order valence-corrected chi connectivity index (χ4v) is 2.32. The van der Waals surface area contributed by atoms with E-state index in [4.69, 9.17) is 21.1 Å². The van der Waals surface area contributed by atoms with Crippen LogP contribution in [0.15, 0.2) is 24.3 Å². The second kappa shape index (κ2) is 6.79. The van der Waals surface area contributed by atoms with Gasteiger partial charge in [0.25, 0.3) is 0 Å². The SMILES string of the molecule is CC(C)(C)NCC1CCC(COc2ccc(Cl)cc2)O1. The Morgan fingerprint density at radius 2 is 1.85 bits per heavy atom. The summed E-state index contributed by atoms with van der Waals surface area (Å²) in [5, 5.41) is 4.21. The molecule has 1 heterocycles. The van der Waals surface area contributed by atoms with E-state index in [1.54, 1.807) is 0 Å². The number of hydrogen-bond acceptors (Lipinski definition) is 3. The minimum Gasteiger partial charge on any atom is -0.491 e. The molecule has 1 aromatic carbocycles. The van der Waals surface area contributed by atoms with Gasteiger partial charge in [-0.2, -0.15) is 0 Å². The molecule has 1 aliphatic rings. The van der Waals surface area contributed by atoms with Crippen LogP contribution < -0.4 is 10.1 Å². The van der Waals surface area contributed by atoms with E-state index >= 15 is 0 Å². The Balaban J connectivity index is 1.69. The Kier molecular flexibility index (Phi) is 5.30. The maximum atomic E-state index is 5.99. The van der Waals surface area contributed by atoms with E-state index in [9.17, 15) is 0 Å². The first-order valence-corrected chi connectivity index (χ1v) is 7.59. The summed E-state index contributed by atoms with van der Waals surface area (Å²) in [6.45, 7) is 8.02.